The minimum absolute atomic E-state index is 0.0161. The van der Waals surface area contributed by atoms with Gasteiger partial charge in [0.15, 0.2) is 5.71 Å². The van der Waals surface area contributed by atoms with Crippen molar-refractivity contribution in [2.24, 2.45) is 5.16 Å². The van der Waals surface area contributed by atoms with E-state index < -0.39 is 11.9 Å². The summed E-state index contributed by atoms with van der Waals surface area (Å²) < 4.78 is 4.99. The van der Waals surface area contributed by atoms with Gasteiger partial charge < -0.3 is 9.57 Å². The quantitative estimate of drug-likeness (QED) is 0.472. The summed E-state index contributed by atoms with van der Waals surface area (Å²) >= 11 is 11.9. The molecule has 0 spiro atoms. The number of carbonyl (C=O) groups is 2. The van der Waals surface area contributed by atoms with Gasteiger partial charge in [-0.15, -0.1) is 0 Å². The second kappa shape index (κ2) is 6.40. The summed E-state index contributed by atoms with van der Waals surface area (Å²) in [6, 6.07) is 11.7. The van der Waals surface area contributed by atoms with Crippen molar-refractivity contribution in [1.29, 1.82) is 0 Å². The highest BCUT2D eigenvalue weighted by Gasteiger charge is 2.26. The number of esters is 1. The van der Waals surface area contributed by atoms with Gasteiger partial charge in [0.25, 0.3) is 0 Å². The Kier molecular flexibility index (Phi) is 4.32. The van der Waals surface area contributed by atoms with Crippen molar-refractivity contribution < 1.29 is 19.2 Å². The van der Waals surface area contributed by atoms with E-state index in [1.54, 1.807) is 24.3 Å². The topological polar surface area (TPSA) is 65.0 Å². The number of halogens is 2. The van der Waals surface area contributed by atoms with Crippen LogP contribution in [0.1, 0.15) is 21.5 Å². The molecule has 0 amide bonds. The van der Waals surface area contributed by atoms with Crippen molar-refractivity contribution in [2.45, 2.75) is 6.61 Å². The van der Waals surface area contributed by atoms with Crippen LogP contribution < -0.4 is 0 Å². The zero-order chi connectivity index (χ0) is 16.4. The first-order chi connectivity index (χ1) is 11.1. The highest BCUT2D eigenvalue weighted by Crippen LogP contribution is 2.25. The predicted octanol–water partition coefficient (Wildman–Crippen LogP) is 3.61. The summed E-state index contributed by atoms with van der Waals surface area (Å²) in [6.07, 6.45) is 0. The number of hydrogen-bond acceptors (Lipinski definition) is 5. The maximum absolute atomic E-state index is 12.1. The van der Waals surface area contributed by atoms with Crippen molar-refractivity contribution in [3.05, 3.63) is 69.2 Å². The van der Waals surface area contributed by atoms with E-state index in [9.17, 15) is 9.59 Å². The lowest BCUT2D eigenvalue weighted by Crippen LogP contribution is -2.26. The third-order valence-corrected chi connectivity index (χ3v) is 3.84. The third-order valence-electron chi connectivity index (χ3n) is 3.21. The number of carbonyl (C=O) groups excluding carboxylic acids is 2. The summed E-state index contributed by atoms with van der Waals surface area (Å²) in [5.74, 6) is -1.52. The van der Waals surface area contributed by atoms with Gasteiger partial charge in [-0.25, -0.2) is 9.59 Å². The molecule has 0 saturated carbocycles. The maximum atomic E-state index is 12.1. The standard InChI is InChI=1S/C16H9Cl2NO4/c17-11-6-3-7-12(18)13(11)15(20)23-19-14-10-5-2-1-4-9(10)8-22-16(14)21/h1-7H,8H2/b19-14+. The fourth-order valence-electron chi connectivity index (χ4n) is 2.11. The summed E-state index contributed by atoms with van der Waals surface area (Å²) in [7, 11) is 0. The number of ether oxygens (including phenoxy) is 1. The molecule has 1 aliphatic heterocycles. The number of nitrogens with zero attached hydrogens (tertiary/aromatic N) is 1. The van der Waals surface area contributed by atoms with E-state index in [2.05, 4.69) is 5.16 Å². The number of fused-ring (bicyclic) bond motifs is 1. The fourth-order valence-corrected chi connectivity index (χ4v) is 2.66. The van der Waals surface area contributed by atoms with Gasteiger partial charge in [0.05, 0.1) is 15.6 Å². The fraction of sp³-hybridized carbons (Fsp3) is 0.0625. The van der Waals surface area contributed by atoms with Crippen molar-refractivity contribution in [3.63, 3.8) is 0 Å². The maximum Gasteiger partial charge on any atom is 0.368 e. The Morgan fingerprint density at radius 2 is 1.78 bits per heavy atom. The molecule has 0 radical (unpaired) electrons. The smallest absolute Gasteiger partial charge is 0.368 e. The molecule has 5 nitrogen and oxygen atoms in total. The Hall–Kier alpha value is -2.37. The monoisotopic (exact) mass is 349 g/mol. The Bertz CT molecular complexity index is 812. The lowest BCUT2D eigenvalue weighted by molar-refractivity contribution is -0.137. The Balaban J connectivity index is 1.91. The molecule has 1 heterocycles. The summed E-state index contributed by atoms with van der Waals surface area (Å²) in [4.78, 5) is 28.8. The molecular weight excluding hydrogens is 341 g/mol. The van der Waals surface area contributed by atoms with E-state index in [1.807, 2.05) is 6.07 Å². The normalized spacial score (nSPS) is 15.0. The number of benzene rings is 2. The average Bonchev–Trinajstić information content (AvgIpc) is 2.54. The van der Waals surface area contributed by atoms with Crippen LogP contribution in [0.2, 0.25) is 10.0 Å². The molecule has 0 aliphatic carbocycles. The largest absolute Gasteiger partial charge is 0.456 e. The molecule has 2 aromatic carbocycles. The second-order valence-electron chi connectivity index (χ2n) is 4.65. The first-order valence-electron chi connectivity index (χ1n) is 6.56. The predicted molar refractivity (Wildman–Crippen MR) is 84.7 cm³/mol. The third kappa shape index (κ3) is 3.06. The van der Waals surface area contributed by atoms with E-state index >= 15 is 0 Å². The molecule has 23 heavy (non-hydrogen) atoms. The van der Waals surface area contributed by atoms with E-state index in [4.69, 9.17) is 32.8 Å². The van der Waals surface area contributed by atoms with E-state index in [1.165, 1.54) is 12.1 Å². The van der Waals surface area contributed by atoms with Gasteiger partial charge in [-0.3, -0.25) is 0 Å². The Morgan fingerprint density at radius 3 is 2.52 bits per heavy atom. The van der Waals surface area contributed by atoms with Gasteiger partial charge in [-0.05, 0) is 17.7 Å². The molecule has 3 rings (SSSR count). The molecule has 2 aromatic rings. The molecule has 0 aromatic heterocycles. The van der Waals surface area contributed by atoms with Crippen LogP contribution in [-0.4, -0.2) is 17.7 Å². The SMILES string of the molecule is O=C1OCc2ccccc2/C1=N\OC(=O)c1c(Cl)cccc1Cl. The lowest BCUT2D eigenvalue weighted by Gasteiger charge is -2.16. The zero-order valence-electron chi connectivity index (χ0n) is 11.6. The molecule has 0 unspecified atom stereocenters. The number of hydrogen-bond donors (Lipinski definition) is 0. The first-order valence-corrected chi connectivity index (χ1v) is 7.32. The van der Waals surface area contributed by atoms with Gasteiger partial charge in [-0.1, -0.05) is 58.7 Å². The summed E-state index contributed by atoms with van der Waals surface area (Å²) in [5, 5.41) is 3.91. The molecule has 116 valence electrons. The van der Waals surface area contributed by atoms with Crippen LogP contribution in [-0.2, 0) is 21.0 Å². The number of oxime groups is 1. The van der Waals surface area contributed by atoms with E-state index in [-0.39, 0.29) is 27.9 Å². The van der Waals surface area contributed by atoms with Gasteiger partial charge in [0.2, 0.25) is 0 Å². The molecular formula is C16H9Cl2NO4. The van der Waals surface area contributed by atoms with E-state index in [0.29, 0.717) is 5.56 Å². The van der Waals surface area contributed by atoms with Crippen molar-refractivity contribution in [3.8, 4) is 0 Å². The molecule has 0 fully saturated rings. The van der Waals surface area contributed by atoms with Crippen LogP contribution in [0.15, 0.2) is 47.6 Å². The Labute approximate surface area is 141 Å². The van der Waals surface area contributed by atoms with Crippen molar-refractivity contribution >= 4 is 40.9 Å². The van der Waals surface area contributed by atoms with Crippen LogP contribution in [0.5, 0.6) is 0 Å². The summed E-state index contributed by atoms with van der Waals surface area (Å²) in [6.45, 7) is 0.151. The van der Waals surface area contributed by atoms with Crippen LogP contribution >= 0.6 is 23.2 Å². The van der Waals surface area contributed by atoms with Crippen molar-refractivity contribution in [2.75, 3.05) is 0 Å². The van der Waals surface area contributed by atoms with E-state index in [0.717, 1.165) is 5.56 Å². The minimum Gasteiger partial charge on any atom is -0.456 e. The number of rotatable bonds is 2. The molecule has 0 bridgehead atoms. The molecule has 0 N–H and O–H groups in total. The van der Waals surface area contributed by atoms with Gasteiger partial charge in [0, 0.05) is 5.56 Å². The second-order valence-corrected chi connectivity index (χ2v) is 5.46. The molecule has 1 aliphatic rings. The lowest BCUT2D eigenvalue weighted by atomic mass is 10.0. The average molecular weight is 350 g/mol. The highest BCUT2D eigenvalue weighted by atomic mass is 35.5. The molecule has 0 atom stereocenters. The Morgan fingerprint density at radius 1 is 1.09 bits per heavy atom. The van der Waals surface area contributed by atoms with Crippen LogP contribution in [0, 0.1) is 0 Å². The van der Waals surface area contributed by atoms with Gasteiger partial charge in [0.1, 0.15) is 6.61 Å². The highest BCUT2D eigenvalue weighted by molar-refractivity contribution is 6.44. The first kappa shape index (κ1) is 15.5. The van der Waals surface area contributed by atoms with Crippen LogP contribution in [0.4, 0.5) is 0 Å². The minimum atomic E-state index is -0.857. The molecule has 7 heteroatoms. The van der Waals surface area contributed by atoms with Gasteiger partial charge >= 0.3 is 11.9 Å². The molecule has 0 saturated heterocycles. The van der Waals surface area contributed by atoms with Crippen molar-refractivity contribution in [1.82, 2.24) is 0 Å². The van der Waals surface area contributed by atoms with Crippen LogP contribution in [0.25, 0.3) is 0 Å². The zero-order valence-corrected chi connectivity index (χ0v) is 13.1. The summed E-state index contributed by atoms with van der Waals surface area (Å²) in [5.41, 5.74) is 1.24. The number of cyclic esters (lactones) is 1. The van der Waals surface area contributed by atoms with Crippen LogP contribution in [0.3, 0.4) is 0 Å². The van der Waals surface area contributed by atoms with Gasteiger partial charge in [-0.2, -0.15) is 0 Å².